The van der Waals surface area contributed by atoms with Crippen molar-refractivity contribution in [1.82, 2.24) is 9.97 Å². The van der Waals surface area contributed by atoms with E-state index in [1.807, 2.05) is 22.6 Å². The first-order valence-corrected chi connectivity index (χ1v) is 5.54. The molecule has 1 aromatic rings. The molecule has 1 heterocycles. The Morgan fingerprint density at radius 1 is 1.31 bits per heavy atom. The fraction of sp³-hybridized carbons (Fsp3) is 0.444. The van der Waals surface area contributed by atoms with Gasteiger partial charge in [-0.25, -0.2) is 4.79 Å². The largest absolute Gasteiger partial charge is 0.480 e. The van der Waals surface area contributed by atoms with Crippen LogP contribution in [0.15, 0.2) is 0 Å². The van der Waals surface area contributed by atoms with Crippen molar-refractivity contribution in [3.05, 3.63) is 9.26 Å². The number of aromatic nitrogens is 2. The Morgan fingerprint density at radius 3 is 2.50 bits per heavy atom. The zero-order valence-corrected chi connectivity index (χ0v) is 11.3. The molecular weight excluding hydrogens is 327 g/mol. The first kappa shape index (κ1) is 12.9. The number of hydrogen-bond acceptors (Lipinski definition) is 6. The fourth-order valence-electron chi connectivity index (χ4n) is 1.01. The molecule has 0 aliphatic carbocycles. The van der Waals surface area contributed by atoms with Crippen LogP contribution in [0, 0.1) is 3.70 Å². The van der Waals surface area contributed by atoms with Gasteiger partial charge in [0.05, 0.1) is 20.8 Å². The first-order valence-electron chi connectivity index (χ1n) is 4.46. The number of rotatable bonds is 4. The lowest BCUT2D eigenvalue weighted by Gasteiger charge is -2.09. The van der Waals surface area contributed by atoms with Gasteiger partial charge in [0.1, 0.15) is 3.70 Å². The highest BCUT2D eigenvalue weighted by molar-refractivity contribution is 14.1. The van der Waals surface area contributed by atoms with Crippen molar-refractivity contribution in [2.75, 3.05) is 20.8 Å². The molecule has 0 fully saturated rings. The smallest absolute Gasteiger partial charge is 0.346 e. The van der Waals surface area contributed by atoms with E-state index in [1.54, 1.807) is 6.92 Å². The van der Waals surface area contributed by atoms with Crippen molar-refractivity contribution in [2.45, 2.75) is 6.92 Å². The van der Waals surface area contributed by atoms with Crippen molar-refractivity contribution in [3.8, 4) is 11.9 Å². The SMILES string of the molecule is CCOC(=O)c1c(I)nc(OC)nc1OC. The number of halogens is 1. The molecule has 7 heteroatoms. The van der Waals surface area contributed by atoms with Crippen LogP contribution in [0.4, 0.5) is 0 Å². The van der Waals surface area contributed by atoms with Crippen LogP contribution in [0.1, 0.15) is 17.3 Å². The van der Waals surface area contributed by atoms with Gasteiger partial charge < -0.3 is 14.2 Å². The Labute approximate surface area is 106 Å². The molecule has 0 radical (unpaired) electrons. The van der Waals surface area contributed by atoms with Crippen LogP contribution >= 0.6 is 22.6 Å². The van der Waals surface area contributed by atoms with E-state index in [1.165, 1.54) is 14.2 Å². The van der Waals surface area contributed by atoms with E-state index in [0.717, 1.165) is 0 Å². The van der Waals surface area contributed by atoms with E-state index < -0.39 is 5.97 Å². The highest BCUT2D eigenvalue weighted by atomic mass is 127. The molecule has 0 spiro atoms. The summed E-state index contributed by atoms with van der Waals surface area (Å²) >= 11 is 1.90. The number of carbonyl (C=O) groups excluding carboxylic acids is 1. The van der Waals surface area contributed by atoms with Gasteiger partial charge in [-0.2, -0.15) is 9.97 Å². The minimum absolute atomic E-state index is 0.147. The van der Waals surface area contributed by atoms with Gasteiger partial charge in [-0.1, -0.05) is 0 Å². The predicted octanol–water partition coefficient (Wildman–Crippen LogP) is 1.28. The van der Waals surface area contributed by atoms with Crippen LogP contribution in [0.2, 0.25) is 0 Å². The molecule has 1 rings (SSSR count). The third-order valence-corrected chi connectivity index (χ3v) is 2.45. The summed E-state index contributed by atoms with van der Waals surface area (Å²) in [4.78, 5) is 19.5. The quantitative estimate of drug-likeness (QED) is 0.468. The number of carbonyl (C=O) groups is 1. The molecule has 0 aliphatic heterocycles. The maximum atomic E-state index is 11.6. The van der Waals surface area contributed by atoms with Gasteiger partial charge in [-0.15, -0.1) is 0 Å². The van der Waals surface area contributed by atoms with Crippen molar-refractivity contribution in [3.63, 3.8) is 0 Å². The second kappa shape index (κ2) is 5.83. The normalized spacial score (nSPS) is 9.75. The average molecular weight is 338 g/mol. The summed E-state index contributed by atoms with van der Waals surface area (Å²) < 4.78 is 15.2. The molecule has 88 valence electrons. The Kier molecular flexibility index (Phi) is 4.71. The third kappa shape index (κ3) is 2.71. The zero-order valence-electron chi connectivity index (χ0n) is 9.11. The molecule has 0 bridgehead atoms. The summed E-state index contributed by atoms with van der Waals surface area (Å²) in [5, 5.41) is 0. The predicted molar refractivity (Wildman–Crippen MR) is 63.8 cm³/mol. The number of methoxy groups -OCH3 is 2. The second-order valence-electron chi connectivity index (χ2n) is 2.61. The highest BCUT2D eigenvalue weighted by Gasteiger charge is 2.21. The molecular formula is C9H11IN2O4. The van der Waals surface area contributed by atoms with E-state index >= 15 is 0 Å². The first-order chi connectivity index (χ1) is 7.63. The maximum Gasteiger partial charge on any atom is 0.346 e. The van der Waals surface area contributed by atoms with E-state index in [2.05, 4.69) is 9.97 Å². The van der Waals surface area contributed by atoms with Crippen molar-refractivity contribution < 1.29 is 19.0 Å². The molecule has 0 unspecified atom stereocenters. The summed E-state index contributed by atoms with van der Waals surface area (Å²) in [6.07, 6.45) is 0. The summed E-state index contributed by atoms with van der Waals surface area (Å²) in [5.41, 5.74) is 0.214. The van der Waals surface area contributed by atoms with Crippen LogP contribution in [0.5, 0.6) is 11.9 Å². The highest BCUT2D eigenvalue weighted by Crippen LogP contribution is 2.23. The molecule has 0 amide bonds. The van der Waals surface area contributed by atoms with E-state index in [9.17, 15) is 4.79 Å². The summed E-state index contributed by atoms with van der Waals surface area (Å²) in [6, 6.07) is 0.147. The van der Waals surface area contributed by atoms with Gasteiger partial charge in [-0.3, -0.25) is 0 Å². The van der Waals surface area contributed by atoms with Crippen molar-refractivity contribution in [1.29, 1.82) is 0 Å². The average Bonchev–Trinajstić information content (AvgIpc) is 2.27. The van der Waals surface area contributed by atoms with Crippen molar-refractivity contribution >= 4 is 28.6 Å². The zero-order chi connectivity index (χ0) is 12.1. The summed E-state index contributed by atoms with van der Waals surface area (Å²) in [7, 11) is 2.86. The summed E-state index contributed by atoms with van der Waals surface area (Å²) in [5.74, 6) is -0.360. The Hall–Kier alpha value is -1.12. The number of esters is 1. The van der Waals surface area contributed by atoms with Gasteiger partial charge in [0.2, 0.25) is 5.88 Å². The minimum Gasteiger partial charge on any atom is -0.480 e. The maximum absolute atomic E-state index is 11.6. The van der Waals surface area contributed by atoms with Gasteiger partial charge >= 0.3 is 12.0 Å². The molecule has 0 aromatic carbocycles. The number of hydrogen-bond donors (Lipinski definition) is 0. The Bertz CT molecular complexity index is 397. The van der Waals surface area contributed by atoms with Crippen molar-refractivity contribution in [2.24, 2.45) is 0 Å². The van der Waals surface area contributed by atoms with E-state index in [4.69, 9.17) is 14.2 Å². The van der Waals surface area contributed by atoms with Crippen LogP contribution in [0.3, 0.4) is 0 Å². The minimum atomic E-state index is -0.508. The molecule has 0 atom stereocenters. The van der Waals surface area contributed by atoms with Crippen LogP contribution in [0.25, 0.3) is 0 Å². The lowest BCUT2D eigenvalue weighted by Crippen LogP contribution is -2.12. The van der Waals surface area contributed by atoms with Crippen LogP contribution < -0.4 is 9.47 Å². The standard InChI is InChI=1S/C9H11IN2O4/c1-4-16-8(13)5-6(10)11-9(15-3)12-7(5)14-2/h4H2,1-3H3. The fourth-order valence-corrected chi connectivity index (χ4v) is 1.67. The van der Waals surface area contributed by atoms with Gasteiger partial charge in [0.25, 0.3) is 0 Å². The molecule has 6 nitrogen and oxygen atoms in total. The molecule has 0 aliphatic rings. The molecule has 0 saturated heterocycles. The molecule has 16 heavy (non-hydrogen) atoms. The lowest BCUT2D eigenvalue weighted by molar-refractivity contribution is 0.0519. The van der Waals surface area contributed by atoms with Gasteiger partial charge in [0, 0.05) is 0 Å². The van der Waals surface area contributed by atoms with Gasteiger partial charge in [-0.05, 0) is 29.5 Å². The molecule has 0 saturated carbocycles. The van der Waals surface area contributed by atoms with Crippen LogP contribution in [-0.2, 0) is 4.74 Å². The van der Waals surface area contributed by atoms with Gasteiger partial charge in [0.15, 0.2) is 5.56 Å². The molecule has 1 aromatic heterocycles. The third-order valence-electron chi connectivity index (χ3n) is 1.67. The Morgan fingerprint density at radius 2 is 2.00 bits per heavy atom. The topological polar surface area (TPSA) is 70.5 Å². The summed E-state index contributed by atoms with van der Waals surface area (Å²) in [6.45, 7) is 2.01. The lowest BCUT2D eigenvalue weighted by atomic mass is 10.3. The van der Waals surface area contributed by atoms with Crippen LogP contribution in [-0.4, -0.2) is 36.8 Å². The number of nitrogens with zero attached hydrogens (tertiary/aromatic N) is 2. The number of ether oxygens (including phenoxy) is 3. The van der Waals surface area contributed by atoms with E-state index in [-0.39, 0.29) is 24.1 Å². The van der Waals surface area contributed by atoms with E-state index in [0.29, 0.717) is 3.70 Å². The monoisotopic (exact) mass is 338 g/mol. The second-order valence-corrected chi connectivity index (χ2v) is 3.63. The Balaban J connectivity index is 3.21. The molecule has 0 N–H and O–H groups in total.